The smallest absolute Gasteiger partial charge is 0.150 e. The van der Waals surface area contributed by atoms with Crippen molar-refractivity contribution in [2.24, 2.45) is 22.7 Å². The van der Waals surface area contributed by atoms with Gasteiger partial charge in [-0.25, -0.2) is 0 Å². The number of hydrogen-bond acceptors (Lipinski definition) is 4. The molecule has 1 aromatic carbocycles. The zero-order chi connectivity index (χ0) is 19.8. The van der Waals surface area contributed by atoms with E-state index in [0.717, 1.165) is 43.1 Å². The summed E-state index contributed by atoms with van der Waals surface area (Å²) in [5.74, 6) is 1.57. The van der Waals surface area contributed by atoms with Gasteiger partial charge in [-0.3, -0.25) is 4.79 Å². The van der Waals surface area contributed by atoms with Crippen molar-refractivity contribution in [2.75, 3.05) is 0 Å². The van der Waals surface area contributed by atoms with Gasteiger partial charge in [-0.15, -0.1) is 0 Å². The lowest BCUT2D eigenvalue weighted by Crippen LogP contribution is -2.66. The topological polar surface area (TPSA) is 66.8 Å². The highest BCUT2D eigenvalue weighted by Gasteiger charge is 2.67. The number of aromatic hydroxyl groups is 1. The fraction of sp³-hybridized carbons (Fsp3) is 0.696. The molecule has 4 nitrogen and oxygen atoms in total. The fourth-order valence-electron chi connectivity index (χ4n) is 6.77. The van der Waals surface area contributed by atoms with Crippen LogP contribution in [0.4, 0.5) is 0 Å². The van der Waals surface area contributed by atoms with Crippen molar-refractivity contribution in [3.05, 3.63) is 22.8 Å². The second kappa shape index (κ2) is 5.73. The summed E-state index contributed by atoms with van der Waals surface area (Å²) in [6, 6.07) is 1.57. The highest BCUT2D eigenvalue weighted by molar-refractivity contribution is 5.81. The number of carbonyl (C=O) groups is 1. The van der Waals surface area contributed by atoms with Crippen molar-refractivity contribution in [2.45, 2.75) is 78.4 Å². The van der Waals surface area contributed by atoms with Gasteiger partial charge in [-0.1, -0.05) is 27.7 Å². The van der Waals surface area contributed by atoms with Crippen LogP contribution in [0.25, 0.3) is 0 Å². The number of phenolic OH excluding ortho intramolecular Hbond substituents is 1. The Labute approximate surface area is 161 Å². The Kier molecular flexibility index (Phi) is 3.99. The first-order valence-corrected chi connectivity index (χ1v) is 10.3. The monoisotopic (exact) mass is 372 g/mol. The molecule has 1 spiro atoms. The number of ether oxygens (including phenoxy) is 1. The largest absolute Gasteiger partial charge is 0.508 e. The lowest BCUT2D eigenvalue weighted by molar-refractivity contribution is -0.210. The third kappa shape index (κ3) is 2.22. The number of benzene rings is 1. The number of aliphatic hydroxyl groups excluding tert-OH is 1. The molecule has 27 heavy (non-hydrogen) atoms. The molecule has 1 unspecified atom stereocenters. The van der Waals surface area contributed by atoms with Crippen LogP contribution >= 0.6 is 0 Å². The van der Waals surface area contributed by atoms with Crippen LogP contribution < -0.4 is 4.74 Å². The van der Waals surface area contributed by atoms with E-state index in [2.05, 4.69) is 27.7 Å². The average Bonchev–Trinajstić information content (AvgIpc) is 3.03. The maximum absolute atomic E-state index is 11.4. The SMILES string of the molecule is Cc1c(C=O)cc(O)c2c1O[C@]1(C2)[C@H](C)CCC2C(C)(C)[C@H](O)CC[C@@]21C. The summed E-state index contributed by atoms with van der Waals surface area (Å²) in [7, 11) is 0. The van der Waals surface area contributed by atoms with E-state index in [1.54, 1.807) is 6.07 Å². The third-order valence-electron chi connectivity index (χ3n) is 8.61. The van der Waals surface area contributed by atoms with Gasteiger partial charge < -0.3 is 14.9 Å². The van der Waals surface area contributed by atoms with E-state index in [9.17, 15) is 15.0 Å². The predicted octanol–water partition coefficient (Wildman–Crippen LogP) is 4.42. The van der Waals surface area contributed by atoms with Crippen molar-refractivity contribution in [1.82, 2.24) is 0 Å². The highest BCUT2D eigenvalue weighted by atomic mass is 16.5. The summed E-state index contributed by atoms with van der Waals surface area (Å²) >= 11 is 0. The molecule has 0 radical (unpaired) electrons. The summed E-state index contributed by atoms with van der Waals surface area (Å²) in [6.45, 7) is 10.9. The molecule has 3 aliphatic rings. The molecule has 0 aromatic heterocycles. The molecule has 4 heteroatoms. The number of aldehydes is 1. The standard InChI is InChI=1S/C23H32O4/c1-13-6-7-18-21(3,4)19(26)8-9-22(18,5)23(13)11-16-17(25)10-15(12-24)14(2)20(16)27-23/h10,12-13,18-19,25-26H,6-9,11H2,1-5H3/t13-,18?,19-,22+,23-/m1/s1. The van der Waals surface area contributed by atoms with Crippen LogP contribution in [0.2, 0.25) is 0 Å². The molecule has 1 aliphatic heterocycles. The maximum Gasteiger partial charge on any atom is 0.150 e. The summed E-state index contributed by atoms with van der Waals surface area (Å²) in [4.78, 5) is 11.4. The van der Waals surface area contributed by atoms with E-state index in [1.807, 2.05) is 6.92 Å². The third-order valence-corrected chi connectivity index (χ3v) is 8.61. The minimum Gasteiger partial charge on any atom is -0.508 e. The van der Waals surface area contributed by atoms with Gasteiger partial charge in [0, 0.05) is 28.5 Å². The molecule has 5 atom stereocenters. The molecule has 2 saturated carbocycles. The lowest BCUT2D eigenvalue weighted by Gasteiger charge is -2.64. The Balaban J connectivity index is 1.86. The second-order valence-electron chi connectivity index (χ2n) is 10.0. The summed E-state index contributed by atoms with van der Waals surface area (Å²) in [5, 5.41) is 21.3. The first-order valence-electron chi connectivity index (χ1n) is 10.3. The second-order valence-corrected chi connectivity index (χ2v) is 10.0. The van der Waals surface area contributed by atoms with Crippen molar-refractivity contribution >= 4 is 6.29 Å². The van der Waals surface area contributed by atoms with Crippen LogP contribution in [0.15, 0.2) is 6.07 Å². The van der Waals surface area contributed by atoms with E-state index in [4.69, 9.17) is 4.74 Å². The summed E-state index contributed by atoms with van der Waals surface area (Å²) < 4.78 is 6.80. The number of hydrogen-bond donors (Lipinski definition) is 2. The van der Waals surface area contributed by atoms with Gasteiger partial charge in [0.2, 0.25) is 0 Å². The predicted molar refractivity (Wildman–Crippen MR) is 104 cm³/mol. The first-order chi connectivity index (χ1) is 12.6. The number of fused-ring (bicyclic) bond motifs is 3. The van der Waals surface area contributed by atoms with Crippen LogP contribution in [-0.2, 0) is 6.42 Å². The Hall–Kier alpha value is -1.55. The van der Waals surface area contributed by atoms with Crippen molar-refractivity contribution < 1.29 is 19.7 Å². The van der Waals surface area contributed by atoms with Crippen LogP contribution in [0, 0.1) is 29.6 Å². The van der Waals surface area contributed by atoms with Crippen LogP contribution in [0.3, 0.4) is 0 Å². The van der Waals surface area contributed by atoms with Crippen LogP contribution in [0.1, 0.15) is 74.9 Å². The fourth-order valence-corrected chi connectivity index (χ4v) is 6.77. The number of phenols is 1. The Morgan fingerprint density at radius 2 is 1.93 bits per heavy atom. The molecule has 2 fully saturated rings. The highest BCUT2D eigenvalue weighted by Crippen LogP contribution is 2.66. The normalized spacial score (nSPS) is 39.6. The van der Waals surface area contributed by atoms with E-state index in [-0.39, 0.29) is 22.7 Å². The Bertz CT molecular complexity index is 798. The van der Waals surface area contributed by atoms with Gasteiger partial charge in [-0.2, -0.15) is 0 Å². The molecule has 0 amide bonds. The van der Waals surface area contributed by atoms with E-state index in [0.29, 0.717) is 29.6 Å². The summed E-state index contributed by atoms with van der Waals surface area (Å²) in [6.07, 6.45) is 5.01. The zero-order valence-electron chi connectivity index (χ0n) is 17.1. The summed E-state index contributed by atoms with van der Waals surface area (Å²) in [5.41, 5.74) is 1.50. The Morgan fingerprint density at radius 1 is 1.22 bits per heavy atom. The van der Waals surface area contributed by atoms with Crippen LogP contribution in [-0.4, -0.2) is 28.2 Å². The lowest BCUT2D eigenvalue weighted by atomic mass is 9.43. The quantitative estimate of drug-likeness (QED) is 0.716. The molecule has 2 aliphatic carbocycles. The van der Waals surface area contributed by atoms with Gasteiger partial charge in [-0.05, 0) is 55.9 Å². The molecule has 4 rings (SSSR count). The van der Waals surface area contributed by atoms with E-state index >= 15 is 0 Å². The first kappa shape index (κ1) is 18.8. The number of aliphatic hydroxyl groups is 1. The average molecular weight is 373 g/mol. The van der Waals surface area contributed by atoms with Crippen molar-refractivity contribution in [1.29, 1.82) is 0 Å². The molecular weight excluding hydrogens is 340 g/mol. The molecule has 148 valence electrons. The number of carbonyl (C=O) groups excluding carboxylic acids is 1. The van der Waals surface area contributed by atoms with Gasteiger partial charge in [0.05, 0.1) is 6.10 Å². The molecule has 1 heterocycles. The molecule has 2 N–H and O–H groups in total. The zero-order valence-corrected chi connectivity index (χ0v) is 17.1. The van der Waals surface area contributed by atoms with Gasteiger partial charge >= 0.3 is 0 Å². The van der Waals surface area contributed by atoms with Crippen molar-refractivity contribution in [3.63, 3.8) is 0 Å². The van der Waals surface area contributed by atoms with E-state index < -0.39 is 5.60 Å². The Morgan fingerprint density at radius 3 is 2.59 bits per heavy atom. The van der Waals surface area contributed by atoms with Gasteiger partial charge in [0.15, 0.2) is 6.29 Å². The molecular formula is C23H32O4. The molecule has 1 aromatic rings. The van der Waals surface area contributed by atoms with E-state index in [1.165, 1.54) is 0 Å². The minimum absolute atomic E-state index is 0.0906. The molecule has 0 saturated heterocycles. The van der Waals surface area contributed by atoms with Crippen LogP contribution in [0.5, 0.6) is 11.5 Å². The van der Waals surface area contributed by atoms with Crippen molar-refractivity contribution in [3.8, 4) is 11.5 Å². The molecule has 0 bridgehead atoms. The van der Waals surface area contributed by atoms with Gasteiger partial charge in [0.25, 0.3) is 0 Å². The minimum atomic E-state index is -0.403. The van der Waals surface area contributed by atoms with Gasteiger partial charge in [0.1, 0.15) is 17.1 Å². The maximum atomic E-state index is 11.4. The number of rotatable bonds is 1.